The Bertz CT molecular complexity index is 488. The van der Waals surface area contributed by atoms with Crippen LogP contribution in [0.15, 0.2) is 24.3 Å². The van der Waals surface area contributed by atoms with E-state index in [4.69, 9.17) is 9.47 Å². The molecule has 2 rings (SSSR count). The summed E-state index contributed by atoms with van der Waals surface area (Å²) in [5, 5.41) is 3.19. The third-order valence-electron chi connectivity index (χ3n) is 4.05. The van der Waals surface area contributed by atoms with Crippen molar-refractivity contribution in [3.8, 4) is 0 Å². The quantitative estimate of drug-likeness (QED) is 0.819. The van der Waals surface area contributed by atoms with Crippen LogP contribution in [-0.2, 0) is 19.8 Å². The molecule has 0 aliphatic carbocycles. The Morgan fingerprint density at radius 2 is 2.29 bits per heavy atom. The summed E-state index contributed by atoms with van der Waals surface area (Å²) in [6, 6.07) is 6.31. The van der Waals surface area contributed by atoms with Gasteiger partial charge in [0.1, 0.15) is 11.4 Å². The second kappa shape index (κ2) is 7.00. The molecule has 0 aromatic heterocycles. The molecule has 1 aliphatic rings. The largest absolute Gasteiger partial charge is 0.467 e. The number of esters is 1. The second-order valence-corrected chi connectivity index (χ2v) is 5.25. The molecule has 1 aromatic carbocycles. The Kier molecular flexibility index (Phi) is 5.31. The summed E-state index contributed by atoms with van der Waals surface area (Å²) >= 11 is 0. The fraction of sp³-hybridized carbons (Fsp3) is 0.562. The lowest BCUT2D eigenvalue weighted by Crippen LogP contribution is -2.52. The predicted octanol–water partition coefficient (Wildman–Crippen LogP) is 2.37. The van der Waals surface area contributed by atoms with Crippen molar-refractivity contribution in [1.82, 2.24) is 5.32 Å². The van der Waals surface area contributed by atoms with Gasteiger partial charge in [0.25, 0.3) is 0 Å². The topological polar surface area (TPSA) is 47.6 Å². The molecule has 116 valence electrons. The molecule has 0 amide bonds. The maximum absolute atomic E-state index is 14.2. The molecular formula is C16H22FNO3. The van der Waals surface area contributed by atoms with E-state index < -0.39 is 17.3 Å². The Morgan fingerprint density at radius 1 is 1.52 bits per heavy atom. The minimum atomic E-state index is -1.17. The summed E-state index contributed by atoms with van der Waals surface area (Å²) in [5.41, 5.74) is -0.858. The van der Waals surface area contributed by atoms with Crippen LogP contribution in [0.1, 0.15) is 31.7 Å². The summed E-state index contributed by atoms with van der Waals surface area (Å²) in [5.74, 6) is -0.891. The molecule has 1 aromatic rings. The molecule has 0 bridgehead atoms. The van der Waals surface area contributed by atoms with Crippen molar-refractivity contribution in [2.75, 3.05) is 20.3 Å². The van der Waals surface area contributed by atoms with Crippen LogP contribution in [0.3, 0.4) is 0 Å². The molecule has 4 nitrogen and oxygen atoms in total. The van der Waals surface area contributed by atoms with Gasteiger partial charge in [-0.25, -0.2) is 9.18 Å². The van der Waals surface area contributed by atoms with Gasteiger partial charge in [-0.3, -0.25) is 5.32 Å². The summed E-state index contributed by atoms with van der Waals surface area (Å²) in [7, 11) is 1.32. The molecule has 1 aliphatic heterocycles. The number of hydrogen-bond acceptors (Lipinski definition) is 4. The maximum atomic E-state index is 14.2. The summed E-state index contributed by atoms with van der Waals surface area (Å²) in [6.45, 7) is 3.08. The lowest BCUT2D eigenvalue weighted by atomic mass is 9.86. The second-order valence-electron chi connectivity index (χ2n) is 5.25. The first kappa shape index (κ1) is 15.9. The van der Waals surface area contributed by atoms with E-state index in [1.54, 1.807) is 18.2 Å². The Labute approximate surface area is 124 Å². The van der Waals surface area contributed by atoms with E-state index in [2.05, 4.69) is 5.32 Å². The number of nitrogens with one attached hydrogen (secondary N) is 1. The highest BCUT2D eigenvalue weighted by Crippen LogP contribution is 2.29. The van der Waals surface area contributed by atoms with Crippen LogP contribution in [0, 0.1) is 5.82 Å². The van der Waals surface area contributed by atoms with E-state index in [1.807, 2.05) is 6.92 Å². The number of rotatable bonds is 6. The third-order valence-corrected chi connectivity index (χ3v) is 4.05. The van der Waals surface area contributed by atoms with Crippen LogP contribution >= 0.6 is 0 Å². The van der Waals surface area contributed by atoms with E-state index in [0.717, 1.165) is 19.4 Å². The first-order chi connectivity index (χ1) is 10.1. The van der Waals surface area contributed by atoms with E-state index in [-0.39, 0.29) is 6.10 Å². The van der Waals surface area contributed by atoms with Crippen molar-refractivity contribution in [2.45, 2.75) is 37.8 Å². The molecule has 2 unspecified atom stereocenters. The molecule has 2 atom stereocenters. The number of ether oxygens (including phenoxy) is 2. The monoisotopic (exact) mass is 295 g/mol. The number of carbonyl (C=O) groups is 1. The number of carbonyl (C=O) groups excluding carboxylic acids is 1. The summed E-state index contributed by atoms with van der Waals surface area (Å²) in [6.07, 6.45) is 2.43. The number of benzene rings is 1. The zero-order chi connectivity index (χ0) is 15.3. The van der Waals surface area contributed by atoms with E-state index >= 15 is 0 Å². The van der Waals surface area contributed by atoms with E-state index in [9.17, 15) is 9.18 Å². The van der Waals surface area contributed by atoms with Gasteiger partial charge >= 0.3 is 5.97 Å². The molecule has 0 radical (unpaired) electrons. The van der Waals surface area contributed by atoms with Crippen LogP contribution < -0.4 is 5.32 Å². The van der Waals surface area contributed by atoms with Crippen molar-refractivity contribution < 1.29 is 18.7 Å². The van der Waals surface area contributed by atoms with Crippen molar-refractivity contribution in [3.05, 3.63) is 35.6 Å². The zero-order valence-electron chi connectivity index (χ0n) is 12.5. The lowest BCUT2D eigenvalue weighted by Gasteiger charge is -2.32. The minimum absolute atomic E-state index is 0.0624. The van der Waals surface area contributed by atoms with Gasteiger partial charge in [0.15, 0.2) is 0 Å². The average molecular weight is 295 g/mol. The molecule has 1 N–H and O–H groups in total. The van der Waals surface area contributed by atoms with Crippen LogP contribution in [-0.4, -0.2) is 32.3 Å². The molecule has 0 saturated carbocycles. The molecule has 1 saturated heterocycles. The van der Waals surface area contributed by atoms with Crippen molar-refractivity contribution in [3.63, 3.8) is 0 Å². The first-order valence-electron chi connectivity index (χ1n) is 7.34. The van der Waals surface area contributed by atoms with Gasteiger partial charge in [-0.05, 0) is 25.3 Å². The molecule has 1 fully saturated rings. The van der Waals surface area contributed by atoms with Crippen LogP contribution in [0.5, 0.6) is 0 Å². The van der Waals surface area contributed by atoms with Gasteiger partial charge in [0, 0.05) is 18.7 Å². The summed E-state index contributed by atoms with van der Waals surface area (Å²) in [4.78, 5) is 12.3. The van der Waals surface area contributed by atoms with Crippen molar-refractivity contribution >= 4 is 5.97 Å². The number of methoxy groups -OCH3 is 1. The number of halogens is 1. The van der Waals surface area contributed by atoms with Gasteiger partial charge in [-0.15, -0.1) is 0 Å². The van der Waals surface area contributed by atoms with Gasteiger partial charge in [0.2, 0.25) is 0 Å². The highest BCUT2D eigenvalue weighted by atomic mass is 19.1. The van der Waals surface area contributed by atoms with Crippen LogP contribution in [0.2, 0.25) is 0 Å². The Balaban J connectivity index is 2.28. The Morgan fingerprint density at radius 3 is 2.86 bits per heavy atom. The van der Waals surface area contributed by atoms with Crippen molar-refractivity contribution in [1.29, 1.82) is 0 Å². The first-order valence-corrected chi connectivity index (χ1v) is 7.34. The maximum Gasteiger partial charge on any atom is 0.330 e. The zero-order valence-corrected chi connectivity index (χ0v) is 12.5. The van der Waals surface area contributed by atoms with Crippen LogP contribution in [0.25, 0.3) is 0 Å². The number of hydrogen-bond donors (Lipinski definition) is 1. The standard InChI is InChI=1S/C16H22FNO3/c1-3-16(15(19)20-2,13-8-4-5-9-14(13)17)18-11-12-7-6-10-21-12/h4-5,8-9,12,18H,3,6-7,10-11H2,1-2H3. The average Bonchev–Trinajstić information content (AvgIpc) is 3.02. The highest BCUT2D eigenvalue weighted by Gasteiger charge is 2.42. The molecule has 1 heterocycles. The fourth-order valence-corrected chi connectivity index (χ4v) is 2.81. The fourth-order valence-electron chi connectivity index (χ4n) is 2.81. The van der Waals surface area contributed by atoms with E-state index in [0.29, 0.717) is 18.5 Å². The highest BCUT2D eigenvalue weighted by molar-refractivity contribution is 5.82. The molecule has 5 heteroatoms. The molecule has 0 spiro atoms. The SMILES string of the molecule is CCC(NCC1CCCO1)(C(=O)OC)c1ccccc1F. The molecule has 21 heavy (non-hydrogen) atoms. The Hall–Kier alpha value is -1.46. The predicted molar refractivity (Wildman–Crippen MR) is 77.4 cm³/mol. The normalized spacial score (nSPS) is 21.0. The van der Waals surface area contributed by atoms with E-state index in [1.165, 1.54) is 13.2 Å². The molecular weight excluding hydrogens is 273 g/mol. The minimum Gasteiger partial charge on any atom is -0.467 e. The lowest BCUT2D eigenvalue weighted by molar-refractivity contribution is -0.149. The van der Waals surface area contributed by atoms with Gasteiger partial charge in [-0.2, -0.15) is 0 Å². The van der Waals surface area contributed by atoms with Crippen molar-refractivity contribution in [2.24, 2.45) is 0 Å². The van der Waals surface area contributed by atoms with Gasteiger partial charge in [0.05, 0.1) is 13.2 Å². The summed E-state index contributed by atoms with van der Waals surface area (Å²) < 4.78 is 24.7. The van der Waals surface area contributed by atoms with Gasteiger partial charge in [-0.1, -0.05) is 25.1 Å². The van der Waals surface area contributed by atoms with Crippen LogP contribution in [0.4, 0.5) is 4.39 Å². The third kappa shape index (κ3) is 3.24. The smallest absolute Gasteiger partial charge is 0.330 e. The van der Waals surface area contributed by atoms with Gasteiger partial charge < -0.3 is 9.47 Å².